The molecule has 0 aliphatic heterocycles. The van der Waals surface area contributed by atoms with Crippen LogP contribution in [0.4, 0.5) is 5.69 Å². The van der Waals surface area contributed by atoms with Crippen molar-refractivity contribution in [3.05, 3.63) is 24.3 Å². The highest BCUT2D eigenvalue weighted by Gasteiger charge is 2.13. The molecule has 1 aromatic carbocycles. The maximum absolute atomic E-state index is 10.5. The smallest absolute Gasteiger partial charge is 0.313 e. The summed E-state index contributed by atoms with van der Waals surface area (Å²) in [4.78, 5) is 12.5. The first-order valence-electron chi connectivity index (χ1n) is 5.82. The molecule has 0 saturated heterocycles. The Morgan fingerprint density at radius 1 is 1.35 bits per heavy atom. The minimum Gasteiger partial charge on any atom is -0.481 e. The fraction of sp³-hybridized carbons (Fsp3) is 0.250. The van der Waals surface area contributed by atoms with Crippen LogP contribution < -0.4 is 10.7 Å². The van der Waals surface area contributed by atoms with E-state index in [1.165, 1.54) is 4.68 Å². The second-order valence-corrected chi connectivity index (χ2v) is 5.24. The van der Waals surface area contributed by atoms with E-state index in [2.05, 4.69) is 10.2 Å². The molecule has 0 saturated carbocycles. The van der Waals surface area contributed by atoms with Crippen molar-refractivity contribution in [3.63, 3.8) is 0 Å². The van der Waals surface area contributed by atoms with Crippen LogP contribution >= 0.6 is 11.8 Å². The van der Waals surface area contributed by atoms with Gasteiger partial charge in [-0.15, -0.1) is 10.2 Å². The van der Waals surface area contributed by atoms with Gasteiger partial charge < -0.3 is 15.8 Å². The van der Waals surface area contributed by atoms with Gasteiger partial charge in [-0.2, -0.15) is 0 Å². The third-order valence-electron chi connectivity index (χ3n) is 2.63. The number of carboxylic acids is 1. The first kappa shape index (κ1) is 14.2. The molecule has 2 aromatic rings. The van der Waals surface area contributed by atoms with Gasteiger partial charge in [0.05, 0.1) is 5.75 Å². The Balaban J connectivity index is 2.22. The third kappa shape index (κ3) is 3.02. The van der Waals surface area contributed by atoms with Crippen LogP contribution in [0, 0.1) is 0 Å². The summed E-state index contributed by atoms with van der Waals surface area (Å²) in [5.74, 6) is 5.37. The molecule has 106 valence electrons. The number of rotatable bonds is 5. The van der Waals surface area contributed by atoms with Crippen molar-refractivity contribution in [2.75, 3.05) is 30.6 Å². The largest absolute Gasteiger partial charge is 0.481 e. The van der Waals surface area contributed by atoms with Gasteiger partial charge in [-0.1, -0.05) is 11.8 Å². The predicted octanol–water partition coefficient (Wildman–Crippen LogP) is 0.902. The number of thioether (sulfide) groups is 1. The Kier molecular flexibility index (Phi) is 4.14. The lowest BCUT2D eigenvalue weighted by atomic mass is 10.2. The molecule has 3 N–H and O–H groups in total. The van der Waals surface area contributed by atoms with Gasteiger partial charge in [-0.3, -0.25) is 4.79 Å². The second-order valence-electron chi connectivity index (χ2n) is 4.30. The van der Waals surface area contributed by atoms with Gasteiger partial charge in [-0.25, -0.2) is 4.68 Å². The minimum atomic E-state index is -0.921. The topological polar surface area (TPSA) is 97.3 Å². The Hall–Kier alpha value is -2.22. The van der Waals surface area contributed by atoms with E-state index in [4.69, 9.17) is 10.9 Å². The molecule has 0 radical (unpaired) electrons. The molecule has 2 rings (SSSR count). The molecule has 1 heterocycles. The Morgan fingerprint density at radius 2 is 2.00 bits per heavy atom. The maximum Gasteiger partial charge on any atom is 0.313 e. The molecular weight excluding hydrogens is 278 g/mol. The van der Waals surface area contributed by atoms with E-state index < -0.39 is 5.97 Å². The lowest BCUT2D eigenvalue weighted by Crippen LogP contribution is -2.12. The average molecular weight is 293 g/mol. The van der Waals surface area contributed by atoms with Crippen LogP contribution in [0.25, 0.3) is 11.4 Å². The number of benzene rings is 1. The summed E-state index contributed by atoms with van der Waals surface area (Å²) in [6, 6.07) is 7.70. The summed E-state index contributed by atoms with van der Waals surface area (Å²) in [6.45, 7) is 0. The Bertz CT molecular complexity index is 609. The van der Waals surface area contributed by atoms with Gasteiger partial charge >= 0.3 is 5.97 Å². The second kappa shape index (κ2) is 5.83. The van der Waals surface area contributed by atoms with E-state index in [0.29, 0.717) is 11.0 Å². The SMILES string of the molecule is CN(C)c1ccc(-c2nnc(SCC(=O)O)n2N)cc1. The number of hydrogen-bond donors (Lipinski definition) is 2. The zero-order chi connectivity index (χ0) is 14.7. The van der Waals surface area contributed by atoms with Crippen LogP contribution in [0.15, 0.2) is 29.4 Å². The van der Waals surface area contributed by atoms with Crippen LogP contribution in [0.5, 0.6) is 0 Å². The minimum absolute atomic E-state index is 0.102. The first-order valence-corrected chi connectivity index (χ1v) is 6.80. The molecule has 0 bridgehead atoms. The molecule has 1 aromatic heterocycles. The van der Waals surface area contributed by atoms with Crippen molar-refractivity contribution in [2.45, 2.75) is 5.16 Å². The van der Waals surface area contributed by atoms with Crippen molar-refractivity contribution in [2.24, 2.45) is 0 Å². The molecule has 7 nitrogen and oxygen atoms in total. The number of anilines is 1. The Morgan fingerprint density at radius 3 is 2.55 bits per heavy atom. The number of carbonyl (C=O) groups is 1. The van der Waals surface area contributed by atoms with Gasteiger partial charge in [0.2, 0.25) is 5.16 Å². The molecule has 0 spiro atoms. The summed E-state index contributed by atoms with van der Waals surface area (Å²) in [7, 11) is 3.92. The van der Waals surface area contributed by atoms with Gasteiger partial charge in [-0.05, 0) is 24.3 Å². The highest BCUT2D eigenvalue weighted by atomic mass is 32.2. The number of nitrogen functional groups attached to an aromatic ring is 1. The van der Waals surface area contributed by atoms with E-state index in [1.54, 1.807) is 0 Å². The molecule has 0 aliphatic carbocycles. The fourth-order valence-corrected chi connectivity index (χ4v) is 2.18. The maximum atomic E-state index is 10.5. The van der Waals surface area contributed by atoms with E-state index in [-0.39, 0.29) is 5.75 Å². The summed E-state index contributed by atoms with van der Waals surface area (Å²) < 4.78 is 1.30. The highest BCUT2D eigenvalue weighted by Crippen LogP contribution is 2.23. The van der Waals surface area contributed by atoms with Crippen LogP contribution in [-0.2, 0) is 4.79 Å². The number of aliphatic carboxylic acids is 1. The molecule has 0 unspecified atom stereocenters. The number of aromatic nitrogens is 3. The standard InChI is InChI=1S/C12H15N5O2S/c1-16(2)9-5-3-8(4-6-9)11-14-15-12(17(11)13)20-7-10(18)19/h3-6H,7,13H2,1-2H3,(H,18,19). The molecule has 20 heavy (non-hydrogen) atoms. The number of nitrogens with two attached hydrogens (primary N) is 1. The predicted molar refractivity (Wildman–Crippen MR) is 78.3 cm³/mol. The monoisotopic (exact) mass is 293 g/mol. The Labute approximate surface area is 120 Å². The number of carboxylic acid groups (broad SMARTS) is 1. The summed E-state index contributed by atoms with van der Waals surface area (Å²) in [5, 5.41) is 16.9. The third-order valence-corrected chi connectivity index (χ3v) is 3.56. The van der Waals surface area contributed by atoms with Crippen LogP contribution in [0.3, 0.4) is 0 Å². The average Bonchev–Trinajstić information content (AvgIpc) is 2.78. The van der Waals surface area contributed by atoms with Crippen LogP contribution in [-0.4, -0.2) is 45.8 Å². The lowest BCUT2D eigenvalue weighted by molar-refractivity contribution is -0.133. The van der Waals surface area contributed by atoms with E-state index in [0.717, 1.165) is 23.0 Å². The van der Waals surface area contributed by atoms with E-state index in [1.807, 2.05) is 43.3 Å². The lowest BCUT2D eigenvalue weighted by Gasteiger charge is -2.12. The van der Waals surface area contributed by atoms with Crippen molar-refractivity contribution in [1.29, 1.82) is 0 Å². The highest BCUT2D eigenvalue weighted by molar-refractivity contribution is 7.99. The first-order chi connectivity index (χ1) is 9.49. The molecule has 8 heteroatoms. The molecule has 0 atom stereocenters. The fourth-order valence-electron chi connectivity index (χ4n) is 1.61. The van der Waals surface area contributed by atoms with Crippen molar-refractivity contribution in [3.8, 4) is 11.4 Å². The van der Waals surface area contributed by atoms with Gasteiger partial charge in [0.25, 0.3) is 0 Å². The van der Waals surface area contributed by atoms with Crippen molar-refractivity contribution < 1.29 is 9.90 Å². The zero-order valence-electron chi connectivity index (χ0n) is 11.1. The molecule has 0 fully saturated rings. The summed E-state index contributed by atoms with van der Waals surface area (Å²) in [5.41, 5.74) is 1.89. The van der Waals surface area contributed by atoms with Gasteiger partial charge in [0.1, 0.15) is 0 Å². The van der Waals surface area contributed by atoms with Gasteiger partial charge in [0.15, 0.2) is 5.82 Å². The number of nitrogens with zero attached hydrogens (tertiary/aromatic N) is 4. The molecule has 0 amide bonds. The quantitative estimate of drug-likeness (QED) is 0.624. The van der Waals surface area contributed by atoms with Crippen LogP contribution in [0.1, 0.15) is 0 Å². The molecule has 0 aliphatic rings. The van der Waals surface area contributed by atoms with Crippen LogP contribution in [0.2, 0.25) is 0 Å². The van der Waals surface area contributed by atoms with Gasteiger partial charge in [0, 0.05) is 25.3 Å². The summed E-state index contributed by atoms with van der Waals surface area (Å²) in [6.07, 6.45) is 0. The van der Waals surface area contributed by atoms with Crippen molar-refractivity contribution in [1.82, 2.24) is 14.9 Å². The summed E-state index contributed by atoms with van der Waals surface area (Å²) >= 11 is 1.04. The van der Waals surface area contributed by atoms with E-state index >= 15 is 0 Å². The molecular formula is C12H15N5O2S. The number of hydrogen-bond acceptors (Lipinski definition) is 6. The zero-order valence-corrected chi connectivity index (χ0v) is 12.0. The van der Waals surface area contributed by atoms with E-state index in [9.17, 15) is 4.79 Å². The van der Waals surface area contributed by atoms with Crippen molar-refractivity contribution >= 4 is 23.4 Å². The normalized spacial score (nSPS) is 10.5.